The largest absolute Gasteiger partial charge is 0.228 e. The summed E-state index contributed by atoms with van der Waals surface area (Å²) < 4.78 is 0. The van der Waals surface area contributed by atoms with Crippen molar-refractivity contribution in [1.29, 1.82) is 0 Å². The smallest absolute Gasteiger partial charge is 0.122 e. The molecule has 1 nitrogen and oxygen atoms in total. The molecule has 0 bridgehead atoms. The third-order valence-corrected chi connectivity index (χ3v) is 2.44. The molecule has 1 heteroatoms. The molecule has 1 radical (unpaired) electrons. The molecule has 0 N–H and O–H groups in total. The maximum atomic E-state index is 11.9. The van der Waals surface area contributed by atoms with Gasteiger partial charge in [0.05, 0.1) is 0 Å². The summed E-state index contributed by atoms with van der Waals surface area (Å²) >= 11 is 0. The van der Waals surface area contributed by atoms with Crippen molar-refractivity contribution >= 4 is 0 Å². The van der Waals surface area contributed by atoms with Gasteiger partial charge in [-0.15, -0.1) is 0 Å². The highest BCUT2D eigenvalue weighted by Gasteiger charge is 2.08. The van der Waals surface area contributed by atoms with Crippen LogP contribution in [0.15, 0.2) is 60.7 Å². The van der Waals surface area contributed by atoms with E-state index in [2.05, 4.69) is 0 Å². The van der Waals surface area contributed by atoms with Crippen LogP contribution in [-0.2, 0) is 11.5 Å². The molecule has 2 aromatic rings. The molecule has 1 atom stereocenters. The van der Waals surface area contributed by atoms with Crippen molar-refractivity contribution in [2.24, 2.45) is 0 Å². The number of hydrogen-bond acceptors (Lipinski definition) is 0. The van der Waals surface area contributed by atoms with Gasteiger partial charge in [-0.05, 0) is 11.1 Å². The zero-order valence-electron chi connectivity index (χ0n) is 8.47. The van der Waals surface area contributed by atoms with Gasteiger partial charge < -0.3 is 0 Å². The van der Waals surface area contributed by atoms with E-state index in [-0.39, 0.29) is 0 Å². The number of hydrogen-bond donors (Lipinski definition) is 0. The minimum absolute atomic E-state index is 0.560. The van der Waals surface area contributed by atoms with Gasteiger partial charge in [-0.1, -0.05) is 60.7 Å². The van der Waals surface area contributed by atoms with Gasteiger partial charge in [-0.25, -0.2) is 5.11 Å². The molecule has 2 rings (SSSR count). The van der Waals surface area contributed by atoms with Crippen LogP contribution in [0.2, 0.25) is 0 Å². The molecule has 15 heavy (non-hydrogen) atoms. The highest BCUT2D eigenvalue weighted by Crippen LogP contribution is 2.18. The fraction of sp³-hybridized carbons (Fsp3) is 0.143. The molecule has 0 aromatic heterocycles. The Bertz CT molecular complexity index is 394. The molecular formula is C14H13O. The van der Waals surface area contributed by atoms with Gasteiger partial charge in [0.1, 0.15) is 6.10 Å². The predicted octanol–water partition coefficient (Wildman–Crippen LogP) is 3.40. The molecule has 0 aliphatic rings. The Morgan fingerprint density at radius 1 is 0.800 bits per heavy atom. The van der Waals surface area contributed by atoms with E-state index in [0.29, 0.717) is 6.42 Å². The summed E-state index contributed by atoms with van der Waals surface area (Å²) in [7, 11) is 0. The fourth-order valence-corrected chi connectivity index (χ4v) is 1.61. The normalized spacial score (nSPS) is 12.3. The third-order valence-electron chi connectivity index (χ3n) is 2.44. The van der Waals surface area contributed by atoms with Gasteiger partial charge >= 0.3 is 0 Å². The van der Waals surface area contributed by atoms with Crippen LogP contribution in [0.5, 0.6) is 0 Å². The maximum absolute atomic E-state index is 11.9. The van der Waals surface area contributed by atoms with E-state index in [1.54, 1.807) is 0 Å². The van der Waals surface area contributed by atoms with Gasteiger partial charge in [0.15, 0.2) is 0 Å². The summed E-state index contributed by atoms with van der Waals surface area (Å²) in [5.74, 6) is 0. The quantitative estimate of drug-likeness (QED) is 0.718. The van der Waals surface area contributed by atoms with Crippen molar-refractivity contribution in [2.45, 2.75) is 12.5 Å². The van der Waals surface area contributed by atoms with Crippen LogP contribution in [0.3, 0.4) is 0 Å². The van der Waals surface area contributed by atoms with Crippen LogP contribution < -0.4 is 0 Å². The van der Waals surface area contributed by atoms with Gasteiger partial charge in [-0.3, -0.25) is 0 Å². The number of benzene rings is 2. The molecule has 0 heterocycles. The van der Waals surface area contributed by atoms with E-state index < -0.39 is 6.10 Å². The first-order chi connectivity index (χ1) is 7.36. The average molecular weight is 197 g/mol. The minimum Gasteiger partial charge on any atom is -0.228 e. The minimum atomic E-state index is -0.659. The second-order valence-electron chi connectivity index (χ2n) is 3.59. The first-order valence-corrected chi connectivity index (χ1v) is 5.11. The zero-order valence-corrected chi connectivity index (χ0v) is 8.47. The second-order valence-corrected chi connectivity index (χ2v) is 3.59. The van der Waals surface area contributed by atoms with Crippen LogP contribution in [0.4, 0.5) is 0 Å². The fourth-order valence-electron chi connectivity index (χ4n) is 1.61. The summed E-state index contributed by atoms with van der Waals surface area (Å²) in [4.78, 5) is 0. The van der Waals surface area contributed by atoms with Gasteiger partial charge in [0.25, 0.3) is 0 Å². The van der Waals surface area contributed by atoms with Crippen molar-refractivity contribution in [3.63, 3.8) is 0 Å². The van der Waals surface area contributed by atoms with Crippen molar-refractivity contribution < 1.29 is 5.11 Å². The molecule has 0 amide bonds. The summed E-state index contributed by atoms with van der Waals surface area (Å²) in [6, 6.07) is 19.4. The second kappa shape index (κ2) is 4.76. The Morgan fingerprint density at radius 3 is 1.93 bits per heavy atom. The standard InChI is InChI=1S/C14H13O/c15-14(13-9-5-2-6-10-13)11-12-7-3-1-4-8-12/h1-10,14H,11H2. The molecule has 0 saturated carbocycles. The lowest BCUT2D eigenvalue weighted by atomic mass is 10.0. The van der Waals surface area contributed by atoms with E-state index >= 15 is 0 Å². The van der Waals surface area contributed by atoms with Crippen molar-refractivity contribution in [3.8, 4) is 0 Å². The highest BCUT2D eigenvalue weighted by atomic mass is 16.3. The van der Waals surface area contributed by atoms with Crippen molar-refractivity contribution in [2.75, 3.05) is 0 Å². The zero-order chi connectivity index (χ0) is 10.5. The van der Waals surface area contributed by atoms with E-state index in [1.807, 2.05) is 60.7 Å². The summed E-state index contributed by atoms with van der Waals surface area (Å²) in [5, 5.41) is 11.9. The molecule has 2 aromatic carbocycles. The molecular weight excluding hydrogens is 184 g/mol. The summed E-state index contributed by atoms with van der Waals surface area (Å²) in [5.41, 5.74) is 1.96. The SMILES string of the molecule is [O]C(Cc1ccccc1)c1ccccc1. The van der Waals surface area contributed by atoms with Crippen LogP contribution in [0, 0.1) is 0 Å². The lowest BCUT2D eigenvalue weighted by Crippen LogP contribution is -1.99. The maximum Gasteiger partial charge on any atom is 0.122 e. The average Bonchev–Trinajstić information content (AvgIpc) is 2.31. The predicted molar refractivity (Wildman–Crippen MR) is 60.0 cm³/mol. The van der Waals surface area contributed by atoms with Crippen LogP contribution in [0.25, 0.3) is 0 Å². The summed E-state index contributed by atoms with van der Waals surface area (Å²) in [6.45, 7) is 0. The lowest BCUT2D eigenvalue weighted by molar-refractivity contribution is 0.0894. The van der Waals surface area contributed by atoms with E-state index in [1.165, 1.54) is 0 Å². The van der Waals surface area contributed by atoms with Gasteiger partial charge in [0, 0.05) is 6.42 Å². The third kappa shape index (κ3) is 2.67. The topological polar surface area (TPSA) is 19.9 Å². The van der Waals surface area contributed by atoms with Crippen molar-refractivity contribution in [1.82, 2.24) is 0 Å². The van der Waals surface area contributed by atoms with Crippen molar-refractivity contribution in [3.05, 3.63) is 71.8 Å². The monoisotopic (exact) mass is 197 g/mol. The Kier molecular flexibility index (Phi) is 3.15. The lowest BCUT2D eigenvalue weighted by Gasteiger charge is -2.08. The molecule has 0 fully saturated rings. The van der Waals surface area contributed by atoms with Gasteiger partial charge in [0.2, 0.25) is 0 Å². The van der Waals surface area contributed by atoms with E-state index in [9.17, 15) is 5.11 Å². The molecule has 0 aliphatic carbocycles. The molecule has 0 aliphatic heterocycles. The molecule has 75 valence electrons. The Hall–Kier alpha value is -1.60. The number of rotatable bonds is 3. The van der Waals surface area contributed by atoms with Crippen LogP contribution in [-0.4, -0.2) is 0 Å². The summed E-state index contributed by atoms with van der Waals surface area (Å²) in [6.07, 6.45) is -0.0983. The Morgan fingerprint density at radius 2 is 1.33 bits per heavy atom. The van der Waals surface area contributed by atoms with Gasteiger partial charge in [-0.2, -0.15) is 0 Å². The van der Waals surface area contributed by atoms with E-state index in [0.717, 1.165) is 11.1 Å². The van der Waals surface area contributed by atoms with Crippen LogP contribution in [0.1, 0.15) is 17.2 Å². The highest BCUT2D eigenvalue weighted by molar-refractivity contribution is 5.22. The first kappa shape index (κ1) is 9.94. The first-order valence-electron chi connectivity index (χ1n) is 5.11. The Labute approximate surface area is 90.0 Å². The molecule has 0 spiro atoms. The molecule has 1 unspecified atom stereocenters. The van der Waals surface area contributed by atoms with E-state index in [4.69, 9.17) is 0 Å². The Balaban J connectivity index is 2.08. The van der Waals surface area contributed by atoms with Crippen LogP contribution >= 0.6 is 0 Å². The molecule has 0 saturated heterocycles.